The average molecular weight is 396 g/mol. The summed E-state index contributed by atoms with van der Waals surface area (Å²) < 4.78 is 11.3. The molecular weight excluding hydrogens is 362 g/mol. The zero-order valence-corrected chi connectivity index (χ0v) is 18.4. The summed E-state index contributed by atoms with van der Waals surface area (Å²) in [4.78, 5) is 26.6. The van der Waals surface area contributed by atoms with Crippen molar-refractivity contribution in [2.45, 2.75) is 58.3 Å². The van der Waals surface area contributed by atoms with Crippen molar-refractivity contribution in [2.75, 3.05) is 19.8 Å². The van der Waals surface area contributed by atoms with E-state index in [0.717, 1.165) is 0 Å². The lowest BCUT2D eigenvalue weighted by molar-refractivity contribution is -0.158. The monoisotopic (exact) mass is 395 g/mol. The van der Waals surface area contributed by atoms with E-state index in [-0.39, 0.29) is 47.7 Å². The highest BCUT2D eigenvalue weighted by Gasteiger charge is 2.58. The highest BCUT2D eigenvalue weighted by atomic mass is 28.4. The molecule has 27 heavy (non-hydrogen) atoms. The zero-order chi connectivity index (χ0) is 20.6. The summed E-state index contributed by atoms with van der Waals surface area (Å²) in [6.07, 6.45) is 2.11. The largest absolute Gasteiger partial charge is 0.457 e. The number of aliphatic hydroxyl groups is 1. The SMILES string of the molecule is C=CCOC(=O)C1=C(CO)[C@H](C)[C@@H]2[C@@H](CCO[Si](C)(C)C(C)(C)C)C(=O)N12. The van der Waals surface area contributed by atoms with Crippen LogP contribution in [0.4, 0.5) is 0 Å². The number of fused-ring (bicyclic) bond motifs is 1. The van der Waals surface area contributed by atoms with Gasteiger partial charge in [-0.25, -0.2) is 4.79 Å². The second kappa shape index (κ2) is 7.89. The molecule has 0 bridgehead atoms. The topological polar surface area (TPSA) is 76.1 Å². The highest BCUT2D eigenvalue weighted by molar-refractivity contribution is 6.74. The van der Waals surface area contributed by atoms with Gasteiger partial charge in [0.1, 0.15) is 12.3 Å². The fraction of sp³-hybridized carbons (Fsp3) is 0.700. The van der Waals surface area contributed by atoms with Gasteiger partial charge in [0.15, 0.2) is 8.32 Å². The lowest BCUT2D eigenvalue weighted by atomic mass is 9.79. The van der Waals surface area contributed by atoms with Crippen LogP contribution in [0.15, 0.2) is 23.9 Å². The Balaban J connectivity index is 2.06. The van der Waals surface area contributed by atoms with E-state index in [4.69, 9.17) is 9.16 Å². The van der Waals surface area contributed by atoms with Gasteiger partial charge < -0.3 is 19.2 Å². The van der Waals surface area contributed by atoms with Crippen LogP contribution in [0.25, 0.3) is 0 Å². The van der Waals surface area contributed by atoms with Crippen LogP contribution in [0.1, 0.15) is 34.1 Å². The lowest BCUT2D eigenvalue weighted by Crippen LogP contribution is -2.60. The maximum atomic E-state index is 12.7. The number of hydrogen-bond acceptors (Lipinski definition) is 5. The van der Waals surface area contributed by atoms with E-state index >= 15 is 0 Å². The van der Waals surface area contributed by atoms with Crippen molar-refractivity contribution in [1.82, 2.24) is 4.90 Å². The second-order valence-electron chi connectivity index (χ2n) is 8.91. The fourth-order valence-corrected chi connectivity index (χ4v) is 4.64. The number of carbonyl (C=O) groups is 2. The van der Waals surface area contributed by atoms with Gasteiger partial charge in [-0.05, 0) is 30.1 Å². The van der Waals surface area contributed by atoms with Crippen LogP contribution in [0, 0.1) is 11.8 Å². The molecular formula is C20H33NO5Si. The highest BCUT2D eigenvalue weighted by Crippen LogP contribution is 2.47. The Labute approximate surface area is 163 Å². The summed E-state index contributed by atoms with van der Waals surface area (Å²) in [5.41, 5.74) is 0.790. The van der Waals surface area contributed by atoms with E-state index in [1.165, 1.54) is 11.0 Å². The molecule has 3 atom stereocenters. The van der Waals surface area contributed by atoms with Crippen LogP contribution in [-0.4, -0.2) is 56.1 Å². The first kappa shape index (κ1) is 21.9. The molecule has 0 saturated carbocycles. The van der Waals surface area contributed by atoms with E-state index in [9.17, 15) is 14.7 Å². The quantitative estimate of drug-likeness (QED) is 0.296. The molecule has 1 fully saturated rings. The van der Waals surface area contributed by atoms with Crippen molar-refractivity contribution >= 4 is 20.2 Å². The number of carbonyl (C=O) groups excluding carboxylic acids is 2. The molecule has 152 valence electrons. The van der Waals surface area contributed by atoms with Crippen LogP contribution in [0.5, 0.6) is 0 Å². The molecule has 1 saturated heterocycles. The number of esters is 1. The minimum atomic E-state index is -1.86. The molecule has 1 amide bonds. The maximum Gasteiger partial charge on any atom is 0.355 e. The molecule has 7 heteroatoms. The molecule has 1 N–H and O–H groups in total. The Kier molecular flexibility index (Phi) is 6.39. The predicted molar refractivity (Wildman–Crippen MR) is 106 cm³/mol. The van der Waals surface area contributed by atoms with E-state index < -0.39 is 14.3 Å². The van der Waals surface area contributed by atoms with Crippen molar-refractivity contribution in [1.29, 1.82) is 0 Å². The fourth-order valence-electron chi connectivity index (χ4n) is 3.58. The zero-order valence-electron chi connectivity index (χ0n) is 17.4. The number of ether oxygens (including phenoxy) is 1. The van der Waals surface area contributed by atoms with Crippen LogP contribution in [-0.2, 0) is 18.8 Å². The predicted octanol–water partition coefficient (Wildman–Crippen LogP) is 2.85. The molecule has 0 spiro atoms. The molecule has 0 unspecified atom stereocenters. The number of aliphatic hydroxyl groups excluding tert-OH is 1. The van der Waals surface area contributed by atoms with Crippen molar-refractivity contribution in [3.63, 3.8) is 0 Å². The Morgan fingerprint density at radius 3 is 2.52 bits per heavy atom. The third-order valence-corrected chi connectivity index (χ3v) is 10.8. The number of hydrogen-bond donors (Lipinski definition) is 1. The first-order valence-electron chi connectivity index (χ1n) is 9.57. The molecule has 0 radical (unpaired) electrons. The van der Waals surface area contributed by atoms with E-state index in [1.54, 1.807) is 0 Å². The Bertz CT molecular complexity index is 649. The molecule has 0 aliphatic carbocycles. The number of β-lactam (4-membered cyclic amide) rings is 1. The van der Waals surface area contributed by atoms with Crippen LogP contribution >= 0.6 is 0 Å². The standard InChI is InChI=1S/C20H33NO5Si/c1-8-10-25-19(24)17-15(12-22)13(2)16-14(18(23)21(16)17)9-11-26-27(6,7)20(3,4)5/h8,13-14,16,22H,1,9-12H2,2-7H3/t13-,14+,16+/m0/s1. The lowest BCUT2D eigenvalue weighted by Gasteiger charge is -2.46. The van der Waals surface area contributed by atoms with Gasteiger partial charge in [0.05, 0.1) is 18.6 Å². The van der Waals surface area contributed by atoms with Gasteiger partial charge in [-0.15, -0.1) is 0 Å². The van der Waals surface area contributed by atoms with Crippen molar-refractivity contribution < 1.29 is 23.9 Å². The summed E-state index contributed by atoms with van der Waals surface area (Å²) in [5.74, 6) is -0.912. The van der Waals surface area contributed by atoms with Crippen molar-refractivity contribution in [3.8, 4) is 0 Å². The summed E-state index contributed by atoms with van der Waals surface area (Å²) in [7, 11) is -1.86. The van der Waals surface area contributed by atoms with Crippen molar-refractivity contribution in [3.05, 3.63) is 23.9 Å². The third-order valence-electron chi connectivity index (χ3n) is 6.27. The van der Waals surface area contributed by atoms with E-state index in [2.05, 4.69) is 40.4 Å². The second-order valence-corrected chi connectivity index (χ2v) is 13.7. The number of nitrogens with zero attached hydrogens (tertiary/aromatic N) is 1. The van der Waals surface area contributed by atoms with Crippen molar-refractivity contribution in [2.24, 2.45) is 11.8 Å². The van der Waals surface area contributed by atoms with Crippen LogP contribution < -0.4 is 0 Å². The molecule has 2 rings (SSSR count). The van der Waals surface area contributed by atoms with Gasteiger partial charge >= 0.3 is 5.97 Å². The first-order valence-corrected chi connectivity index (χ1v) is 12.5. The Hall–Kier alpha value is -1.44. The number of rotatable bonds is 8. The van der Waals surface area contributed by atoms with Gasteiger partial charge in [-0.2, -0.15) is 0 Å². The maximum absolute atomic E-state index is 12.7. The molecule has 0 aromatic heterocycles. The number of amides is 1. The third kappa shape index (κ3) is 3.91. The molecule has 2 heterocycles. The van der Waals surface area contributed by atoms with Gasteiger partial charge in [0.25, 0.3) is 0 Å². The summed E-state index contributed by atoms with van der Waals surface area (Å²) in [6, 6.07) is -0.103. The van der Waals surface area contributed by atoms with Gasteiger partial charge in [0.2, 0.25) is 5.91 Å². The Morgan fingerprint density at radius 2 is 2.00 bits per heavy atom. The summed E-state index contributed by atoms with van der Waals surface area (Å²) >= 11 is 0. The van der Waals surface area contributed by atoms with Crippen LogP contribution in [0.3, 0.4) is 0 Å². The summed E-state index contributed by atoms with van der Waals surface area (Å²) in [6.45, 7) is 16.8. The van der Waals surface area contributed by atoms with Gasteiger partial charge in [-0.1, -0.05) is 40.3 Å². The summed E-state index contributed by atoms with van der Waals surface area (Å²) in [5, 5.41) is 9.87. The normalized spacial score (nSPS) is 25.4. The van der Waals surface area contributed by atoms with Gasteiger partial charge in [0, 0.05) is 12.5 Å². The van der Waals surface area contributed by atoms with Crippen LogP contribution in [0.2, 0.25) is 18.1 Å². The Morgan fingerprint density at radius 1 is 1.37 bits per heavy atom. The van der Waals surface area contributed by atoms with E-state index in [0.29, 0.717) is 18.6 Å². The van der Waals surface area contributed by atoms with E-state index in [1.807, 2.05) is 6.92 Å². The molecule has 0 aromatic carbocycles. The minimum Gasteiger partial charge on any atom is -0.457 e. The smallest absolute Gasteiger partial charge is 0.355 e. The first-order chi connectivity index (χ1) is 12.5. The molecule has 2 aliphatic heterocycles. The molecule has 6 nitrogen and oxygen atoms in total. The molecule has 0 aromatic rings. The molecule has 2 aliphatic rings. The van der Waals surface area contributed by atoms with Gasteiger partial charge in [-0.3, -0.25) is 4.79 Å². The minimum absolute atomic E-state index is 0.0724. The average Bonchev–Trinajstić information content (AvgIpc) is 2.84.